The molecule has 25 heavy (non-hydrogen) atoms. The molecule has 2 aromatic carbocycles. The maximum atomic E-state index is 11.6. The first kappa shape index (κ1) is 15.4. The van der Waals surface area contributed by atoms with Crippen molar-refractivity contribution in [2.24, 2.45) is 5.92 Å². The maximum Gasteiger partial charge on any atom is 0.336 e. The van der Waals surface area contributed by atoms with E-state index in [-0.39, 0.29) is 29.1 Å². The van der Waals surface area contributed by atoms with Crippen LogP contribution in [0.15, 0.2) is 54.6 Å². The van der Waals surface area contributed by atoms with Crippen molar-refractivity contribution in [3.63, 3.8) is 0 Å². The summed E-state index contributed by atoms with van der Waals surface area (Å²) in [5.41, 5.74) is 2.31. The number of nitro benzene ring substituents is 1. The van der Waals surface area contributed by atoms with Crippen molar-refractivity contribution < 1.29 is 14.8 Å². The molecule has 0 fully saturated rings. The predicted molar refractivity (Wildman–Crippen MR) is 92.8 cm³/mol. The van der Waals surface area contributed by atoms with Gasteiger partial charge in [0, 0.05) is 12.0 Å². The van der Waals surface area contributed by atoms with Gasteiger partial charge in [0.2, 0.25) is 0 Å². The molecule has 0 aromatic heterocycles. The topological polar surface area (TPSA) is 92.5 Å². The number of aromatic carboxylic acids is 1. The molecular formula is C19H16N2O4. The van der Waals surface area contributed by atoms with Gasteiger partial charge in [0.1, 0.15) is 5.69 Å². The minimum absolute atomic E-state index is 0.0223. The van der Waals surface area contributed by atoms with Crippen LogP contribution in [0.3, 0.4) is 0 Å². The predicted octanol–water partition coefficient (Wildman–Crippen LogP) is 4.12. The Bertz CT molecular complexity index is 906. The fourth-order valence-corrected chi connectivity index (χ4v) is 4.03. The van der Waals surface area contributed by atoms with Crippen LogP contribution in [0.4, 0.5) is 11.4 Å². The molecule has 6 heteroatoms. The van der Waals surface area contributed by atoms with Crippen LogP contribution in [0.5, 0.6) is 0 Å². The summed E-state index contributed by atoms with van der Waals surface area (Å²) < 4.78 is 0. The molecule has 0 saturated heterocycles. The lowest BCUT2D eigenvalue weighted by Crippen LogP contribution is -2.30. The second-order valence-corrected chi connectivity index (χ2v) is 6.37. The molecule has 0 amide bonds. The molecule has 1 aliphatic carbocycles. The van der Waals surface area contributed by atoms with Crippen molar-refractivity contribution >= 4 is 17.3 Å². The summed E-state index contributed by atoms with van der Waals surface area (Å²) in [7, 11) is 0. The number of hydrogen-bond donors (Lipinski definition) is 2. The van der Waals surface area contributed by atoms with Gasteiger partial charge < -0.3 is 10.4 Å². The summed E-state index contributed by atoms with van der Waals surface area (Å²) in [5.74, 6) is -0.814. The summed E-state index contributed by atoms with van der Waals surface area (Å²) >= 11 is 0. The monoisotopic (exact) mass is 336 g/mol. The Balaban J connectivity index is 1.88. The standard InChI is InChI=1S/C19H16N2O4/c22-19(23)15-6-2-1-5-14(15)17-12-8-3-7-11(12)13-9-4-10-16(21(24)25)18(13)20-17/h1-7,9-12,17,20H,8H2,(H,22,23)/t11-,12+,17-/m1/s1. The van der Waals surface area contributed by atoms with Crippen molar-refractivity contribution in [1.29, 1.82) is 0 Å². The first-order valence-corrected chi connectivity index (χ1v) is 8.10. The smallest absolute Gasteiger partial charge is 0.336 e. The van der Waals surface area contributed by atoms with Gasteiger partial charge >= 0.3 is 5.97 Å². The Morgan fingerprint density at radius 3 is 2.68 bits per heavy atom. The Labute approximate surface area is 144 Å². The third kappa shape index (κ3) is 2.38. The molecule has 1 aliphatic heterocycles. The number of fused-ring (bicyclic) bond motifs is 3. The van der Waals surface area contributed by atoms with Crippen molar-refractivity contribution in [3.05, 3.63) is 81.4 Å². The SMILES string of the molecule is O=C(O)c1ccccc1[C@@H]1Nc2c(cccc2[N+](=O)[O-])[C@@H]2C=CC[C@@H]21. The molecule has 0 bridgehead atoms. The van der Waals surface area contributed by atoms with Crippen LogP contribution < -0.4 is 5.32 Å². The molecule has 1 heterocycles. The number of carboxylic acid groups (broad SMARTS) is 1. The number of allylic oxidation sites excluding steroid dienone is 2. The first-order valence-electron chi connectivity index (χ1n) is 8.10. The molecule has 6 nitrogen and oxygen atoms in total. The summed E-state index contributed by atoms with van der Waals surface area (Å²) in [4.78, 5) is 22.7. The van der Waals surface area contributed by atoms with E-state index in [0.29, 0.717) is 11.3 Å². The van der Waals surface area contributed by atoms with Crippen LogP contribution in [0.2, 0.25) is 0 Å². The van der Waals surface area contributed by atoms with Gasteiger partial charge in [0.15, 0.2) is 0 Å². The Morgan fingerprint density at radius 1 is 1.16 bits per heavy atom. The van der Waals surface area contributed by atoms with E-state index in [4.69, 9.17) is 0 Å². The van der Waals surface area contributed by atoms with Crippen LogP contribution in [0.25, 0.3) is 0 Å². The Morgan fingerprint density at radius 2 is 1.92 bits per heavy atom. The van der Waals surface area contributed by atoms with E-state index in [1.165, 1.54) is 6.07 Å². The van der Waals surface area contributed by atoms with Gasteiger partial charge in [-0.15, -0.1) is 0 Å². The Hall–Kier alpha value is -3.15. The summed E-state index contributed by atoms with van der Waals surface area (Å²) in [6.07, 6.45) is 4.95. The van der Waals surface area contributed by atoms with Gasteiger partial charge in [-0.2, -0.15) is 0 Å². The lowest BCUT2D eigenvalue weighted by Gasteiger charge is -2.37. The fraction of sp³-hybridized carbons (Fsp3) is 0.211. The van der Waals surface area contributed by atoms with Gasteiger partial charge in [0.05, 0.1) is 16.5 Å². The highest BCUT2D eigenvalue weighted by Gasteiger charge is 2.41. The molecule has 126 valence electrons. The number of hydrogen-bond acceptors (Lipinski definition) is 4. The molecule has 0 spiro atoms. The molecule has 0 saturated carbocycles. The minimum Gasteiger partial charge on any atom is -0.478 e. The third-order valence-electron chi connectivity index (χ3n) is 5.10. The molecule has 0 radical (unpaired) electrons. The highest BCUT2D eigenvalue weighted by Crippen LogP contribution is 2.52. The van der Waals surface area contributed by atoms with Gasteiger partial charge in [0.25, 0.3) is 5.69 Å². The second-order valence-electron chi connectivity index (χ2n) is 6.37. The van der Waals surface area contributed by atoms with Gasteiger partial charge in [-0.3, -0.25) is 10.1 Å². The Kier molecular flexibility index (Phi) is 3.53. The lowest BCUT2D eigenvalue weighted by molar-refractivity contribution is -0.384. The number of rotatable bonds is 3. The molecule has 2 N–H and O–H groups in total. The third-order valence-corrected chi connectivity index (χ3v) is 5.10. The van der Waals surface area contributed by atoms with E-state index in [1.807, 2.05) is 6.07 Å². The molecular weight excluding hydrogens is 320 g/mol. The number of nitrogens with zero attached hydrogens (tertiary/aromatic N) is 1. The van der Waals surface area contributed by atoms with Crippen LogP contribution in [0, 0.1) is 16.0 Å². The average molecular weight is 336 g/mol. The number of nitrogens with one attached hydrogen (secondary N) is 1. The highest BCUT2D eigenvalue weighted by atomic mass is 16.6. The lowest BCUT2D eigenvalue weighted by atomic mass is 9.76. The number of carboxylic acids is 1. The van der Waals surface area contributed by atoms with Crippen LogP contribution >= 0.6 is 0 Å². The normalized spacial score (nSPS) is 23.4. The van der Waals surface area contributed by atoms with Crippen molar-refractivity contribution in [2.75, 3.05) is 5.32 Å². The molecule has 4 rings (SSSR count). The van der Waals surface area contributed by atoms with Crippen LogP contribution in [0.1, 0.15) is 39.9 Å². The van der Waals surface area contributed by atoms with E-state index >= 15 is 0 Å². The number of para-hydroxylation sites is 1. The van der Waals surface area contributed by atoms with Crippen LogP contribution in [-0.4, -0.2) is 16.0 Å². The number of benzene rings is 2. The second kappa shape index (κ2) is 5.73. The summed E-state index contributed by atoms with van der Waals surface area (Å²) in [6, 6.07) is 11.6. The van der Waals surface area contributed by atoms with Gasteiger partial charge in [-0.05, 0) is 29.5 Å². The van der Waals surface area contributed by atoms with Crippen molar-refractivity contribution in [3.8, 4) is 0 Å². The van der Waals surface area contributed by atoms with Crippen LogP contribution in [-0.2, 0) is 0 Å². The summed E-state index contributed by atoms with van der Waals surface area (Å²) in [5, 5.41) is 24.2. The largest absolute Gasteiger partial charge is 0.478 e. The van der Waals surface area contributed by atoms with Gasteiger partial charge in [-0.25, -0.2) is 4.79 Å². The van der Waals surface area contributed by atoms with Crippen molar-refractivity contribution in [1.82, 2.24) is 0 Å². The fourth-order valence-electron chi connectivity index (χ4n) is 4.03. The molecule has 2 aliphatic rings. The van der Waals surface area contributed by atoms with E-state index < -0.39 is 10.9 Å². The molecule has 2 aromatic rings. The molecule has 0 unspecified atom stereocenters. The quantitative estimate of drug-likeness (QED) is 0.500. The van der Waals surface area contributed by atoms with E-state index in [2.05, 4.69) is 17.5 Å². The maximum absolute atomic E-state index is 11.6. The van der Waals surface area contributed by atoms with E-state index in [0.717, 1.165) is 12.0 Å². The number of nitro groups is 1. The minimum atomic E-state index is -0.992. The average Bonchev–Trinajstić information content (AvgIpc) is 3.10. The first-order chi connectivity index (χ1) is 12.1. The zero-order valence-corrected chi connectivity index (χ0v) is 13.3. The number of anilines is 1. The van der Waals surface area contributed by atoms with Gasteiger partial charge in [-0.1, -0.05) is 42.5 Å². The zero-order chi connectivity index (χ0) is 17.6. The van der Waals surface area contributed by atoms with Crippen molar-refractivity contribution in [2.45, 2.75) is 18.4 Å². The van der Waals surface area contributed by atoms with E-state index in [1.54, 1.807) is 30.3 Å². The highest BCUT2D eigenvalue weighted by molar-refractivity contribution is 5.90. The number of carbonyl (C=O) groups is 1. The zero-order valence-electron chi connectivity index (χ0n) is 13.3. The van der Waals surface area contributed by atoms with E-state index in [9.17, 15) is 20.0 Å². The molecule has 3 atom stereocenters. The summed E-state index contributed by atoms with van der Waals surface area (Å²) in [6.45, 7) is 0.